The van der Waals surface area contributed by atoms with E-state index in [1.165, 1.54) is 17.0 Å². The molecular weight excluding hydrogens is 482 g/mol. The van der Waals surface area contributed by atoms with E-state index in [1.807, 2.05) is 6.07 Å². The Bertz CT molecular complexity index is 1350. The van der Waals surface area contributed by atoms with E-state index in [2.05, 4.69) is 6.92 Å². The fourth-order valence-electron chi connectivity index (χ4n) is 5.37. The van der Waals surface area contributed by atoms with Gasteiger partial charge in [0.2, 0.25) is 17.6 Å². The molecule has 5 rings (SSSR count). The van der Waals surface area contributed by atoms with Gasteiger partial charge < -0.3 is 9.47 Å². The minimum Gasteiger partial charge on any atom is -0.497 e. The number of rotatable bonds is 7. The van der Waals surface area contributed by atoms with Crippen LogP contribution in [-0.4, -0.2) is 30.7 Å². The minimum absolute atomic E-state index is 0.170. The number of nitrogens with zero attached hydrogens (tertiary/aromatic N) is 1. The summed E-state index contributed by atoms with van der Waals surface area (Å²) >= 11 is 0. The van der Waals surface area contributed by atoms with E-state index >= 15 is 0 Å². The number of ketones is 1. The van der Waals surface area contributed by atoms with Gasteiger partial charge in [-0.25, -0.2) is 4.79 Å². The van der Waals surface area contributed by atoms with Crippen LogP contribution < -0.4 is 9.64 Å². The van der Waals surface area contributed by atoms with Crippen LogP contribution in [0.25, 0.3) is 0 Å². The molecule has 1 aliphatic heterocycles. The molecule has 2 fully saturated rings. The summed E-state index contributed by atoms with van der Waals surface area (Å²) in [5.41, 5.74) is 1.57. The average Bonchev–Trinajstić information content (AvgIpc) is 3.20. The van der Waals surface area contributed by atoms with E-state index < -0.39 is 12.1 Å². The van der Waals surface area contributed by atoms with Gasteiger partial charge in [-0.15, -0.1) is 0 Å². The number of anilines is 1. The van der Waals surface area contributed by atoms with Crippen LogP contribution in [0.3, 0.4) is 0 Å². The monoisotopic (exact) mass is 511 g/mol. The molecule has 1 heterocycles. The SMILES string of the molecule is COc1ccc(C(=O)[C@H](OC(=O)c2ccc(N3C(=O)[C@@H]4CC[C@@H](C)C[C@H]4C3=O)cc2)c2ccccc2)cc1. The molecule has 7 nitrogen and oxygen atoms in total. The molecule has 0 bridgehead atoms. The first-order valence-electron chi connectivity index (χ1n) is 12.8. The van der Waals surface area contributed by atoms with E-state index in [9.17, 15) is 19.2 Å². The number of methoxy groups -OCH3 is 1. The lowest BCUT2D eigenvalue weighted by Gasteiger charge is -2.25. The zero-order valence-electron chi connectivity index (χ0n) is 21.3. The molecule has 3 aromatic rings. The normalized spacial score (nSPS) is 21.5. The predicted octanol–water partition coefficient (Wildman–Crippen LogP) is 5.40. The lowest BCUT2D eigenvalue weighted by atomic mass is 9.76. The Kier molecular flexibility index (Phi) is 7.09. The van der Waals surface area contributed by atoms with E-state index in [0.717, 1.165) is 19.3 Å². The molecule has 0 aromatic heterocycles. The summed E-state index contributed by atoms with van der Waals surface area (Å²) in [4.78, 5) is 53.8. The first kappa shape index (κ1) is 25.4. The van der Waals surface area contributed by atoms with E-state index in [-0.39, 0.29) is 35.0 Å². The van der Waals surface area contributed by atoms with Crippen LogP contribution in [0.5, 0.6) is 5.75 Å². The van der Waals surface area contributed by atoms with Crippen molar-refractivity contribution < 1.29 is 28.7 Å². The van der Waals surface area contributed by atoms with E-state index in [1.54, 1.807) is 67.8 Å². The third-order valence-corrected chi connectivity index (χ3v) is 7.49. The Morgan fingerprint density at radius 1 is 0.816 bits per heavy atom. The summed E-state index contributed by atoms with van der Waals surface area (Å²) in [6.07, 6.45) is 1.24. The second-order valence-corrected chi connectivity index (χ2v) is 9.98. The largest absolute Gasteiger partial charge is 0.497 e. The van der Waals surface area contributed by atoms with Crippen LogP contribution in [0, 0.1) is 17.8 Å². The molecule has 3 aromatic carbocycles. The molecule has 0 spiro atoms. The second-order valence-electron chi connectivity index (χ2n) is 9.98. The highest BCUT2D eigenvalue weighted by Gasteiger charge is 2.50. The van der Waals surface area contributed by atoms with Crippen molar-refractivity contribution in [3.05, 3.63) is 95.6 Å². The number of ether oxygens (including phenoxy) is 2. The number of imide groups is 1. The van der Waals surface area contributed by atoms with Gasteiger partial charge in [-0.1, -0.05) is 37.3 Å². The molecule has 1 saturated heterocycles. The summed E-state index contributed by atoms with van der Waals surface area (Å²) in [5.74, 6) is -0.900. The molecule has 0 radical (unpaired) electrons. The number of hydrogen-bond acceptors (Lipinski definition) is 6. The third kappa shape index (κ3) is 4.84. The quantitative estimate of drug-likeness (QED) is 0.240. The van der Waals surface area contributed by atoms with Gasteiger partial charge in [0.15, 0.2) is 6.10 Å². The predicted molar refractivity (Wildman–Crippen MR) is 141 cm³/mol. The average molecular weight is 512 g/mol. The zero-order chi connectivity index (χ0) is 26.8. The van der Waals surface area contributed by atoms with Crippen molar-refractivity contribution in [3.8, 4) is 5.75 Å². The standard InChI is InChI=1S/C31H29NO6/c1-19-8-17-25-26(18-19)30(35)32(29(25)34)23-13-9-22(10-14-23)31(36)38-28(21-6-4-3-5-7-21)27(33)20-11-15-24(37-2)16-12-20/h3-7,9-16,19,25-26,28H,8,17-18H2,1-2H3/t19-,25-,26-,28-/m1/s1. The molecule has 1 aliphatic carbocycles. The molecule has 0 unspecified atom stereocenters. The molecular formula is C31H29NO6. The number of amides is 2. The van der Waals surface area contributed by atoms with Crippen molar-refractivity contribution in [3.63, 3.8) is 0 Å². The third-order valence-electron chi connectivity index (χ3n) is 7.49. The Balaban J connectivity index is 1.35. The number of carbonyl (C=O) groups is 4. The fraction of sp³-hybridized carbons (Fsp3) is 0.290. The maximum atomic E-state index is 13.4. The molecule has 4 atom stereocenters. The number of benzene rings is 3. The number of carbonyl (C=O) groups excluding carboxylic acids is 4. The van der Waals surface area contributed by atoms with Crippen LogP contribution >= 0.6 is 0 Å². The summed E-state index contributed by atoms with van der Waals surface area (Å²) < 4.78 is 10.9. The fourth-order valence-corrected chi connectivity index (χ4v) is 5.37. The van der Waals surface area contributed by atoms with Gasteiger partial charge >= 0.3 is 5.97 Å². The Morgan fingerprint density at radius 3 is 2.11 bits per heavy atom. The van der Waals surface area contributed by atoms with E-state index in [0.29, 0.717) is 28.5 Å². The smallest absolute Gasteiger partial charge is 0.339 e. The number of hydrogen-bond donors (Lipinski definition) is 0. The Labute approximate surface area is 221 Å². The summed E-state index contributed by atoms with van der Waals surface area (Å²) in [5, 5.41) is 0. The highest BCUT2D eigenvalue weighted by molar-refractivity contribution is 6.22. The summed E-state index contributed by atoms with van der Waals surface area (Å²) in [7, 11) is 1.54. The molecule has 2 aliphatic rings. The first-order valence-corrected chi connectivity index (χ1v) is 12.8. The van der Waals surface area contributed by atoms with Crippen LogP contribution in [-0.2, 0) is 14.3 Å². The van der Waals surface area contributed by atoms with Gasteiger partial charge in [0.25, 0.3) is 0 Å². The van der Waals surface area contributed by atoms with Gasteiger partial charge in [-0.2, -0.15) is 0 Å². The van der Waals surface area contributed by atoms with Gasteiger partial charge in [-0.05, 0) is 73.7 Å². The number of fused-ring (bicyclic) bond motifs is 1. The maximum Gasteiger partial charge on any atom is 0.339 e. The van der Waals surface area contributed by atoms with Crippen molar-refractivity contribution >= 4 is 29.3 Å². The van der Waals surface area contributed by atoms with Gasteiger partial charge in [-0.3, -0.25) is 19.3 Å². The second kappa shape index (κ2) is 10.6. The Hall–Kier alpha value is -4.26. The van der Waals surface area contributed by atoms with Crippen molar-refractivity contribution in [2.24, 2.45) is 17.8 Å². The topological polar surface area (TPSA) is 90.0 Å². The van der Waals surface area contributed by atoms with Crippen LogP contribution in [0.1, 0.15) is 58.6 Å². The number of Topliss-reactive ketones (excluding diaryl/α,β-unsaturated/α-hetero) is 1. The van der Waals surface area contributed by atoms with Crippen molar-refractivity contribution in [1.29, 1.82) is 0 Å². The molecule has 2 amide bonds. The van der Waals surface area contributed by atoms with Gasteiger partial charge in [0, 0.05) is 11.1 Å². The summed E-state index contributed by atoms with van der Waals surface area (Å²) in [6, 6.07) is 21.6. The van der Waals surface area contributed by atoms with Gasteiger partial charge in [0.1, 0.15) is 5.75 Å². The van der Waals surface area contributed by atoms with Crippen molar-refractivity contribution in [2.75, 3.05) is 12.0 Å². The zero-order valence-corrected chi connectivity index (χ0v) is 21.3. The Morgan fingerprint density at radius 2 is 1.45 bits per heavy atom. The highest BCUT2D eigenvalue weighted by Crippen LogP contribution is 2.42. The highest BCUT2D eigenvalue weighted by atomic mass is 16.5. The maximum absolute atomic E-state index is 13.4. The molecule has 0 N–H and O–H groups in total. The molecule has 7 heteroatoms. The first-order chi connectivity index (χ1) is 18.4. The lowest BCUT2D eigenvalue weighted by molar-refractivity contribution is -0.122. The minimum atomic E-state index is -1.15. The molecule has 38 heavy (non-hydrogen) atoms. The lowest BCUT2D eigenvalue weighted by Crippen LogP contribution is -2.30. The van der Waals surface area contributed by atoms with Crippen molar-refractivity contribution in [2.45, 2.75) is 32.3 Å². The van der Waals surface area contributed by atoms with Gasteiger partial charge in [0.05, 0.1) is 30.2 Å². The van der Waals surface area contributed by atoms with Crippen LogP contribution in [0.4, 0.5) is 5.69 Å². The van der Waals surface area contributed by atoms with Crippen LogP contribution in [0.2, 0.25) is 0 Å². The van der Waals surface area contributed by atoms with Crippen molar-refractivity contribution in [1.82, 2.24) is 0 Å². The molecule has 1 saturated carbocycles. The summed E-state index contributed by atoms with van der Waals surface area (Å²) in [6.45, 7) is 2.11. The van der Waals surface area contributed by atoms with E-state index in [4.69, 9.17) is 9.47 Å². The van der Waals surface area contributed by atoms with Crippen LogP contribution in [0.15, 0.2) is 78.9 Å². The number of esters is 1. The molecule has 194 valence electrons.